The predicted molar refractivity (Wildman–Crippen MR) is 129 cm³/mol. The zero-order chi connectivity index (χ0) is 26.8. The number of aromatic amines is 1. The fraction of sp³-hybridized carbons (Fsp3) is 0.522. The Morgan fingerprint density at radius 2 is 1.94 bits per heavy atom. The van der Waals surface area contributed by atoms with Gasteiger partial charge in [0.2, 0.25) is 0 Å². The van der Waals surface area contributed by atoms with E-state index < -0.39 is 60.1 Å². The maximum absolute atomic E-state index is 12.2. The number of halogens is 2. The Morgan fingerprint density at radius 1 is 1.25 bits per heavy atom. The summed E-state index contributed by atoms with van der Waals surface area (Å²) in [6.07, 6.45) is -4.29. The molecular weight excluding hydrogens is 519 g/mol. The zero-order valence-corrected chi connectivity index (χ0v) is 21.6. The van der Waals surface area contributed by atoms with Gasteiger partial charge in [-0.15, -0.1) is 0 Å². The third-order valence-electron chi connectivity index (χ3n) is 5.36. The third-order valence-corrected chi connectivity index (χ3v) is 6.00. The molecule has 36 heavy (non-hydrogen) atoms. The van der Waals surface area contributed by atoms with Crippen molar-refractivity contribution in [3.8, 4) is 5.75 Å². The second-order valence-electron chi connectivity index (χ2n) is 9.25. The average Bonchev–Trinajstić information content (AvgIpc) is 3.09. The van der Waals surface area contributed by atoms with Crippen molar-refractivity contribution in [2.75, 3.05) is 6.61 Å². The van der Waals surface area contributed by atoms with Crippen LogP contribution in [0.1, 0.15) is 39.5 Å². The van der Waals surface area contributed by atoms with Crippen LogP contribution in [-0.2, 0) is 25.6 Å². The molecule has 5 atom stereocenters. The van der Waals surface area contributed by atoms with Crippen LogP contribution in [0.25, 0.3) is 0 Å². The van der Waals surface area contributed by atoms with Crippen molar-refractivity contribution in [1.82, 2.24) is 9.55 Å². The largest absolute Gasteiger partial charge is 0.424 e. The van der Waals surface area contributed by atoms with Gasteiger partial charge in [0, 0.05) is 23.4 Å². The molecule has 1 aromatic heterocycles. The molecule has 0 spiro atoms. The minimum absolute atomic E-state index is 0.0520. The number of esters is 1. The molecule has 3 rings (SSSR count). The summed E-state index contributed by atoms with van der Waals surface area (Å²) in [5.74, 6) is -0.355. The highest BCUT2D eigenvalue weighted by molar-refractivity contribution is 6.34. The minimum Gasteiger partial charge on any atom is -0.424 e. The number of nitrogens with zero attached hydrogens (tertiary/aromatic N) is 1. The number of hydrogen-bond acceptors (Lipinski definition) is 9. The van der Waals surface area contributed by atoms with Crippen molar-refractivity contribution in [2.24, 2.45) is 5.41 Å². The standard InChI is InChI=1S/C23H28Cl2N2O9/c1-11(33-10-12-7-14(25)15(8-13(12)24)36-21(31)23(2,3)4)34-19-18(30)16(9-28)35-20(19)27-6-5-17(29)26-22(27)32/h5-8,11,16,18-20,28,30H,9-10H2,1-4H3,(H,26,29,32)/t11?,16-,18?,19?,20-/m0/s1. The Balaban J connectivity index is 1.70. The first-order valence-electron chi connectivity index (χ1n) is 11.0. The monoisotopic (exact) mass is 546 g/mol. The molecule has 1 aromatic carbocycles. The Hall–Kier alpha value is -2.25. The van der Waals surface area contributed by atoms with Gasteiger partial charge in [-0.3, -0.25) is 19.1 Å². The number of nitrogens with one attached hydrogen (secondary N) is 1. The van der Waals surface area contributed by atoms with Gasteiger partial charge >= 0.3 is 11.7 Å². The van der Waals surface area contributed by atoms with Gasteiger partial charge in [0.15, 0.2) is 18.3 Å². The van der Waals surface area contributed by atoms with Crippen LogP contribution in [0.3, 0.4) is 0 Å². The van der Waals surface area contributed by atoms with Crippen LogP contribution in [0.2, 0.25) is 10.0 Å². The molecule has 0 saturated carbocycles. The van der Waals surface area contributed by atoms with Crippen molar-refractivity contribution in [3.05, 3.63) is 60.8 Å². The molecule has 1 aliphatic heterocycles. The molecule has 198 valence electrons. The first-order valence-corrected chi connectivity index (χ1v) is 11.8. The number of aromatic nitrogens is 2. The van der Waals surface area contributed by atoms with E-state index in [4.69, 9.17) is 42.1 Å². The molecule has 0 bridgehead atoms. The number of aliphatic hydroxyl groups is 2. The SMILES string of the molecule is CC(OCc1cc(Cl)c(OC(=O)C(C)(C)C)cc1Cl)OC1C(O)[C@H](CO)O[C@@H]1n1ccc(=O)[nH]c1=O. The Morgan fingerprint density at radius 3 is 2.56 bits per heavy atom. The smallest absolute Gasteiger partial charge is 0.330 e. The van der Waals surface area contributed by atoms with Crippen LogP contribution >= 0.6 is 23.2 Å². The fourth-order valence-corrected chi connectivity index (χ4v) is 3.78. The van der Waals surface area contributed by atoms with Gasteiger partial charge in [-0.05, 0) is 39.3 Å². The van der Waals surface area contributed by atoms with E-state index in [2.05, 4.69) is 4.98 Å². The second kappa shape index (κ2) is 11.4. The van der Waals surface area contributed by atoms with E-state index in [1.54, 1.807) is 27.7 Å². The summed E-state index contributed by atoms with van der Waals surface area (Å²) in [4.78, 5) is 37.9. The molecule has 1 aliphatic rings. The highest BCUT2D eigenvalue weighted by Gasteiger charge is 2.46. The van der Waals surface area contributed by atoms with Crippen LogP contribution in [0.5, 0.6) is 5.75 Å². The summed E-state index contributed by atoms with van der Waals surface area (Å²) >= 11 is 12.6. The number of benzene rings is 1. The van der Waals surface area contributed by atoms with Crippen molar-refractivity contribution < 1.29 is 34.0 Å². The zero-order valence-electron chi connectivity index (χ0n) is 20.1. The van der Waals surface area contributed by atoms with Gasteiger partial charge in [-0.25, -0.2) is 4.79 Å². The maximum Gasteiger partial charge on any atom is 0.330 e. The first kappa shape index (κ1) is 28.3. The van der Waals surface area contributed by atoms with E-state index in [0.717, 1.165) is 10.6 Å². The quantitative estimate of drug-likeness (QED) is 0.256. The van der Waals surface area contributed by atoms with Gasteiger partial charge in [0.05, 0.1) is 23.7 Å². The molecule has 1 fully saturated rings. The Kier molecular flexibility index (Phi) is 8.99. The number of rotatable bonds is 8. The number of H-pyrrole nitrogens is 1. The lowest BCUT2D eigenvalue weighted by atomic mass is 9.97. The second-order valence-corrected chi connectivity index (χ2v) is 10.1. The molecule has 11 nitrogen and oxygen atoms in total. The Bertz CT molecular complexity index is 1210. The summed E-state index contributed by atoms with van der Waals surface area (Å²) in [6, 6.07) is 4.03. The number of carbonyl (C=O) groups excluding carboxylic acids is 1. The lowest BCUT2D eigenvalue weighted by molar-refractivity contribution is -0.198. The van der Waals surface area contributed by atoms with Crippen molar-refractivity contribution in [3.63, 3.8) is 0 Å². The fourth-order valence-electron chi connectivity index (χ4n) is 3.35. The normalized spacial score (nSPS) is 23.0. The van der Waals surface area contributed by atoms with E-state index in [1.165, 1.54) is 18.3 Å². The summed E-state index contributed by atoms with van der Waals surface area (Å²) < 4.78 is 23.5. The van der Waals surface area contributed by atoms with Gasteiger partial charge in [-0.2, -0.15) is 0 Å². The van der Waals surface area contributed by atoms with Crippen LogP contribution in [0, 0.1) is 5.41 Å². The summed E-state index contributed by atoms with van der Waals surface area (Å²) in [5, 5.41) is 20.5. The summed E-state index contributed by atoms with van der Waals surface area (Å²) in [6.45, 7) is 6.11. The molecule has 0 aliphatic carbocycles. The van der Waals surface area contributed by atoms with E-state index in [0.29, 0.717) is 5.56 Å². The van der Waals surface area contributed by atoms with E-state index in [-0.39, 0.29) is 22.4 Å². The molecule has 13 heteroatoms. The molecule has 1 saturated heterocycles. The van der Waals surface area contributed by atoms with Gasteiger partial charge in [0.1, 0.15) is 18.3 Å². The first-order chi connectivity index (χ1) is 16.8. The molecule has 0 radical (unpaired) electrons. The third kappa shape index (κ3) is 6.54. The van der Waals surface area contributed by atoms with Gasteiger partial charge in [0.25, 0.3) is 5.56 Å². The highest BCUT2D eigenvalue weighted by Crippen LogP contribution is 2.34. The average molecular weight is 547 g/mol. The number of ether oxygens (including phenoxy) is 4. The molecule has 3 N–H and O–H groups in total. The van der Waals surface area contributed by atoms with Crippen LogP contribution in [0.15, 0.2) is 34.0 Å². The Labute approximate surface area is 216 Å². The number of hydrogen-bond donors (Lipinski definition) is 3. The van der Waals surface area contributed by atoms with Gasteiger partial charge in [-0.1, -0.05) is 23.2 Å². The van der Waals surface area contributed by atoms with Crippen molar-refractivity contribution in [1.29, 1.82) is 0 Å². The lowest BCUT2D eigenvalue weighted by Gasteiger charge is -2.26. The van der Waals surface area contributed by atoms with Gasteiger partial charge < -0.3 is 29.2 Å². The van der Waals surface area contributed by atoms with E-state index >= 15 is 0 Å². The lowest BCUT2D eigenvalue weighted by Crippen LogP contribution is -2.41. The van der Waals surface area contributed by atoms with Crippen LogP contribution in [0.4, 0.5) is 0 Å². The van der Waals surface area contributed by atoms with E-state index in [9.17, 15) is 24.6 Å². The number of aliphatic hydroxyl groups excluding tert-OH is 2. The number of carbonyl (C=O) groups is 1. The maximum atomic E-state index is 12.2. The predicted octanol–water partition coefficient (Wildman–Crippen LogP) is 1.99. The van der Waals surface area contributed by atoms with Crippen molar-refractivity contribution in [2.45, 2.75) is 65.1 Å². The topological polar surface area (TPSA) is 149 Å². The molecule has 2 heterocycles. The molecular formula is C23H28Cl2N2O9. The highest BCUT2D eigenvalue weighted by atomic mass is 35.5. The summed E-state index contributed by atoms with van der Waals surface area (Å²) in [7, 11) is 0. The molecule has 0 amide bonds. The summed E-state index contributed by atoms with van der Waals surface area (Å²) in [5.41, 5.74) is -1.62. The van der Waals surface area contributed by atoms with Crippen molar-refractivity contribution >= 4 is 29.2 Å². The van der Waals surface area contributed by atoms with Crippen LogP contribution < -0.4 is 16.0 Å². The van der Waals surface area contributed by atoms with E-state index in [1.807, 2.05) is 0 Å². The minimum atomic E-state index is -1.29. The molecule has 3 unspecified atom stereocenters. The molecule has 2 aromatic rings. The van der Waals surface area contributed by atoms with Crippen LogP contribution in [-0.4, -0.2) is 56.9 Å².